The van der Waals surface area contributed by atoms with Crippen LogP contribution in [-0.2, 0) is 11.3 Å². The van der Waals surface area contributed by atoms with Crippen molar-refractivity contribution in [2.24, 2.45) is 0 Å². The number of rotatable bonds is 6. The van der Waals surface area contributed by atoms with Crippen molar-refractivity contribution in [3.63, 3.8) is 0 Å². The van der Waals surface area contributed by atoms with Gasteiger partial charge in [-0.3, -0.25) is 0 Å². The van der Waals surface area contributed by atoms with Gasteiger partial charge in [-0.25, -0.2) is 4.79 Å². The molecule has 2 aromatic rings. The minimum absolute atomic E-state index is 0.0102. The van der Waals surface area contributed by atoms with Gasteiger partial charge in [-0.1, -0.05) is 48.5 Å². The summed E-state index contributed by atoms with van der Waals surface area (Å²) in [7, 11) is 0. The predicted molar refractivity (Wildman–Crippen MR) is 102 cm³/mol. The monoisotopic (exact) mass is 356 g/mol. The van der Waals surface area contributed by atoms with Crippen molar-refractivity contribution in [3.8, 4) is 0 Å². The molecule has 1 aliphatic heterocycles. The van der Waals surface area contributed by atoms with Crippen LogP contribution < -0.4 is 10.6 Å². The van der Waals surface area contributed by atoms with Gasteiger partial charge >= 0.3 is 6.03 Å². The third kappa shape index (κ3) is 5.51. The van der Waals surface area contributed by atoms with Crippen molar-refractivity contribution in [1.29, 1.82) is 0 Å². The molecule has 0 radical (unpaired) electrons. The first-order chi connectivity index (χ1) is 12.3. The molecule has 0 saturated carbocycles. The number of thioether (sulfide) groups is 1. The Morgan fingerprint density at radius 3 is 2.28 bits per heavy atom. The Labute approximate surface area is 153 Å². The molecule has 3 rings (SSSR count). The van der Waals surface area contributed by atoms with Crippen molar-refractivity contribution >= 4 is 17.8 Å². The third-order valence-corrected chi connectivity index (χ3v) is 5.84. The minimum atomic E-state index is -0.122. The zero-order valence-corrected chi connectivity index (χ0v) is 15.1. The number of ether oxygens (including phenoxy) is 1. The summed E-state index contributed by atoms with van der Waals surface area (Å²) in [6.07, 6.45) is 1.87. The Morgan fingerprint density at radius 1 is 0.960 bits per heavy atom. The molecule has 0 atom stereocenters. The maximum Gasteiger partial charge on any atom is 0.315 e. The summed E-state index contributed by atoms with van der Waals surface area (Å²) in [5.41, 5.74) is 1.09. The van der Waals surface area contributed by atoms with Crippen LogP contribution in [0.15, 0.2) is 65.6 Å². The fraction of sp³-hybridized carbons (Fsp3) is 0.350. The lowest BCUT2D eigenvalue weighted by Crippen LogP contribution is -2.47. The van der Waals surface area contributed by atoms with Gasteiger partial charge in [-0.15, -0.1) is 11.8 Å². The van der Waals surface area contributed by atoms with Gasteiger partial charge in [0.15, 0.2) is 0 Å². The summed E-state index contributed by atoms with van der Waals surface area (Å²) < 4.78 is 5.52. The standard InChI is InChI=1S/C20H24N2O2S/c23-19(21-15-17-7-3-1-4-8-17)22-16-20(11-13-24-14-12-20)25-18-9-5-2-6-10-18/h1-10H,11-16H2,(H2,21,22,23). The molecule has 4 nitrogen and oxygen atoms in total. The van der Waals surface area contributed by atoms with Crippen LogP contribution in [0.5, 0.6) is 0 Å². The summed E-state index contributed by atoms with van der Waals surface area (Å²) in [5, 5.41) is 5.99. The molecule has 0 aromatic heterocycles. The van der Waals surface area contributed by atoms with Crippen molar-refractivity contribution in [3.05, 3.63) is 66.2 Å². The van der Waals surface area contributed by atoms with Gasteiger partial charge in [0.1, 0.15) is 0 Å². The lowest BCUT2D eigenvalue weighted by molar-refractivity contribution is 0.0776. The maximum atomic E-state index is 12.2. The molecule has 1 fully saturated rings. The van der Waals surface area contributed by atoms with Crippen molar-refractivity contribution in [1.82, 2.24) is 10.6 Å². The summed E-state index contributed by atoms with van der Waals surface area (Å²) in [5.74, 6) is 0. The molecular formula is C20H24N2O2S. The van der Waals surface area contributed by atoms with Crippen LogP contribution in [0.2, 0.25) is 0 Å². The predicted octanol–water partition coefficient (Wildman–Crippen LogP) is 3.83. The molecule has 0 unspecified atom stereocenters. The molecule has 0 aliphatic carbocycles. The molecule has 1 heterocycles. The smallest absolute Gasteiger partial charge is 0.315 e. The fourth-order valence-corrected chi connectivity index (χ4v) is 4.19. The van der Waals surface area contributed by atoms with Crippen molar-refractivity contribution in [2.75, 3.05) is 19.8 Å². The van der Waals surface area contributed by atoms with Gasteiger partial charge in [0.25, 0.3) is 0 Å². The van der Waals surface area contributed by atoms with Crippen molar-refractivity contribution < 1.29 is 9.53 Å². The fourth-order valence-electron chi connectivity index (χ4n) is 2.88. The van der Waals surface area contributed by atoms with E-state index in [1.165, 1.54) is 4.90 Å². The van der Waals surface area contributed by atoms with Gasteiger partial charge < -0.3 is 15.4 Å². The van der Waals surface area contributed by atoms with Crippen LogP contribution in [0.1, 0.15) is 18.4 Å². The Morgan fingerprint density at radius 2 is 1.60 bits per heavy atom. The number of urea groups is 1. The Balaban J connectivity index is 1.54. The topological polar surface area (TPSA) is 50.4 Å². The van der Waals surface area contributed by atoms with E-state index in [0.717, 1.165) is 31.6 Å². The second-order valence-corrected chi connectivity index (χ2v) is 7.77. The highest BCUT2D eigenvalue weighted by Crippen LogP contribution is 2.39. The average molecular weight is 356 g/mol. The number of nitrogens with one attached hydrogen (secondary N) is 2. The van der Waals surface area contributed by atoms with Gasteiger partial charge in [-0.05, 0) is 30.5 Å². The molecule has 2 aromatic carbocycles. The Bertz CT molecular complexity index is 658. The summed E-state index contributed by atoms with van der Waals surface area (Å²) >= 11 is 1.85. The molecular weight excluding hydrogens is 332 g/mol. The quantitative estimate of drug-likeness (QED) is 0.827. The number of carbonyl (C=O) groups excluding carboxylic acids is 1. The van der Waals surface area contributed by atoms with Crippen LogP contribution in [0, 0.1) is 0 Å². The van der Waals surface area contributed by atoms with E-state index in [2.05, 4.69) is 34.9 Å². The van der Waals surface area contributed by atoms with E-state index >= 15 is 0 Å². The average Bonchev–Trinajstić information content (AvgIpc) is 2.67. The molecule has 0 bridgehead atoms. The van der Waals surface area contributed by atoms with Crippen LogP contribution in [0.25, 0.3) is 0 Å². The first-order valence-electron chi connectivity index (χ1n) is 8.63. The number of benzene rings is 2. The molecule has 2 amide bonds. The molecule has 1 aliphatic rings. The molecule has 2 N–H and O–H groups in total. The summed E-state index contributed by atoms with van der Waals surface area (Å²) in [4.78, 5) is 13.4. The lowest BCUT2D eigenvalue weighted by atomic mass is 9.99. The number of amides is 2. The minimum Gasteiger partial charge on any atom is -0.381 e. The number of hydrogen-bond acceptors (Lipinski definition) is 3. The van der Waals surface area contributed by atoms with E-state index in [0.29, 0.717) is 13.1 Å². The first-order valence-corrected chi connectivity index (χ1v) is 9.45. The molecule has 1 saturated heterocycles. The zero-order valence-electron chi connectivity index (χ0n) is 14.2. The Hall–Kier alpha value is -1.98. The van der Waals surface area contributed by atoms with Crippen molar-refractivity contribution in [2.45, 2.75) is 29.0 Å². The zero-order chi connectivity index (χ0) is 17.4. The van der Waals surface area contributed by atoms with Gasteiger partial charge in [0.2, 0.25) is 0 Å². The van der Waals surface area contributed by atoms with Crippen LogP contribution in [0.4, 0.5) is 4.79 Å². The summed E-state index contributed by atoms with van der Waals surface area (Å²) in [6, 6.07) is 20.2. The second-order valence-electron chi connectivity index (χ2n) is 6.23. The maximum absolute atomic E-state index is 12.2. The highest BCUT2D eigenvalue weighted by Gasteiger charge is 2.34. The first kappa shape index (κ1) is 17.8. The SMILES string of the molecule is O=C(NCc1ccccc1)NCC1(Sc2ccccc2)CCOCC1. The van der Waals surface area contributed by atoms with E-state index in [1.807, 2.05) is 48.2 Å². The van der Waals surface area contributed by atoms with E-state index in [-0.39, 0.29) is 10.8 Å². The van der Waals surface area contributed by atoms with E-state index < -0.39 is 0 Å². The van der Waals surface area contributed by atoms with Gasteiger partial charge in [-0.2, -0.15) is 0 Å². The normalized spacial score (nSPS) is 16.2. The van der Waals surface area contributed by atoms with Crippen LogP contribution in [0.3, 0.4) is 0 Å². The van der Waals surface area contributed by atoms with Gasteiger partial charge in [0.05, 0.1) is 0 Å². The highest BCUT2D eigenvalue weighted by molar-refractivity contribution is 8.00. The number of hydrogen-bond donors (Lipinski definition) is 2. The second kappa shape index (κ2) is 8.92. The van der Waals surface area contributed by atoms with Gasteiger partial charge in [0, 0.05) is 35.9 Å². The van der Waals surface area contributed by atoms with Crippen LogP contribution >= 0.6 is 11.8 Å². The molecule has 5 heteroatoms. The van der Waals surface area contributed by atoms with E-state index in [9.17, 15) is 4.79 Å². The largest absolute Gasteiger partial charge is 0.381 e. The third-order valence-electron chi connectivity index (χ3n) is 4.35. The molecule has 132 valence electrons. The Kier molecular flexibility index (Phi) is 6.36. The van der Waals surface area contributed by atoms with E-state index in [1.54, 1.807) is 0 Å². The van der Waals surface area contributed by atoms with Crippen LogP contribution in [-0.4, -0.2) is 30.5 Å². The highest BCUT2D eigenvalue weighted by atomic mass is 32.2. The molecule has 25 heavy (non-hydrogen) atoms. The van der Waals surface area contributed by atoms with E-state index in [4.69, 9.17) is 4.74 Å². The summed E-state index contributed by atoms with van der Waals surface area (Å²) in [6.45, 7) is 2.66. The number of carbonyl (C=O) groups is 1. The molecule has 0 spiro atoms. The lowest BCUT2D eigenvalue weighted by Gasteiger charge is -2.36.